The van der Waals surface area contributed by atoms with Crippen LogP contribution in [0, 0.1) is 10.8 Å². The van der Waals surface area contributed by atoms with Gasteiger partial charge in [-0.15, -0.1) is 0 Å². The highest BCUT2D eigenvalue weighted by Crippen LogP contribution is 2.53. The molecule has 0 radical (unpaired) electrons. The zero-order valence-corrected chi connectivity index (χ0v) is 25.7. The number of rotatable bonds is 11. The zero-order chi connectivity index (χ0) is 30.6. The van der Waals surface area contributed by atoms with E-state index in [4.69, 9.17) is 14.7 Å². The van der Waals surface area contributed by atoms with Gasteiger partial charge in [-0.1, -0.05) is 57.2 Å². The number of unbranched alkanes of at least 4 members (excludes halogenated alkanes) is 1. The summed E-state index contributed by atoms with van der Waals surface area (Å²) in [6, 6.07) is 16.1. The van der Waals surface area contributed by atoms with E-state index in [0.29, 0.717) is 35.4 Å². The third-order valence-corrected chi connectivity index (χ3v) is 9.20. The molecule has 5 atom stereocenters. The standard InChI is InChI=1S/C34H47N3O6/c1-33(2)17-27-18-34(3,21-33)22-37(27)19-28-16-29(24-13-11-23(20-38)12-14-24)43-32(42-28)25-7-6-8-26(15-25)35-30(39)9-4-5-10-31(40)36-41/h6-8,11-15,27-29,32,38,41H,4-5,9-10,16-22H2,1-3H3,(H,35,39)(H,36,40). The minimum Gasteiger partial charge on any atom is -0.392 e. The fourth-order valence-corrected chi connectivity index (χ4v) is 7.70. The van der Waals surface area contributed by atoms with Crippen molar-refractivity contribution in [1.82, 2.24) is 10.4 Å². The molecule has 3 fully saturated rings. The minimum atomic E-state index is -0.593. The van der Waals surface area contributed by atoms with Crippen LogP contribution >= 0.6 is 0 Å². The number of nitrogens with one attached hydrogen (secondary N) is 2. The average Bonchev–Trinajstić information content (AvgIpc) is 3.22. The van der Waals surface area contributed by atoms with Crippen molar-refractivity contribution in [3.05, 3.63) is 65.2 Å². The Labute approximate surface area is 254 Å². The van der Waals surface area contributed by atoms with Gasteiger partial charge in [-0.05, 0) is 66.2 Å². The van der Waals surface area contributed by atoms with Gasteiger partial charge in [0.1, 0.15) is 0 Å². The fourth-order valence-electron chi connectivity index (χ4n) is 7.70. The summed E-state index contributed by atoms with van der Waals surface area (Å²) in [5.41, 5.74) is 5.73. The highest BCUT2D eigenvalue weighted by Gasteiger charge is 2.50. The number of hydroxylamine groups is 1. The molecule has 2 aromatic carbocycles. The molecule has 0 aromatic heterocycles. The van der Waals surface area contributed by atoms with Crippen LogP contribution in [-0.2, 0) is 25.7 Å². The fraction of sp³-hybridized carbons (Fsp3) is 0.588. The van der Waals surface area contributed by atoms with Crippen LogP contribution in [0.3, 0.4) is 0 Å². The molecule has 5 unspecified atom stereocenters. The highest BCUT2D eigenvalue weighted by molar-refractivity contribution is 5.90. The van der Waals surface area contributed by atoms with Gasteiger partial charge in [-0.3, -0.25) is 19.7 Å². The normalized spacial score (nSPS) is 28.4. The summed E-state index contributed by atoms with van der Waals surface area (Å²) in [6.07, 6.45) is 5.16. The molecule has 2 aliphatic heterocycles. The zero-order valence-electron chi connectivity index (χ0n) is 25.7. The van der Waals surface area contributed by atoms with Crippen LogP contribution < -0.4 is 10.8 Å². The first kappa shape index (κ1) is 31.6. The Morgan fingerprint density at radius 2 is 1.72 bits per heavy atom. The molecule has 9 nitrogen and oxygen atoms in total. The number of anilines is 1. The van der Waals surface area contributed by atoms with Crippen LogP contribution in [0.2, 0.25) is 0 Å². The lowest BCUT2D eigenvalue weighted by atomic mass is 9.65. The van der Waals surface area contributed by atoms with Crippen LogP contribution in [0.5, 0.6) is 0 Å². The maximum absolute atomic E-state index is 12.6. The van der Waals surface area contributed by atoms with E-state index < -0.39 is 12.2 Å². The number of amides is 2. The smallest absolute Gasteiger partial charge is 0.243 e. The largest absolute Gasteiger partial charge is 0.392 e. The van der Waals surface area contributed by atoms with Crippen molar-refractivity contribution < 1.29 is 29.4 Å². The van der Waals surface area contributed by atoms with Crippen molar-refractivity contribution in [3.63, 3.8) is 0 Å². The second-order valence-electron chi connectivity index (χ2n) is 13.9. The topological polar surface area (TPSA) is 120 Å². The Bertz CT molecular complexity index is 1270. The van der Waals surface area contributed by atoms with Crippen molar-refractivity contribution in [2.75, 3.05) is 18.4 Å². The van der Waals surface area contributed by atoms with Crippen molar-refractivity contribution in [3.8, 4) is 0 Å². The van der Waals surface area contributed by atoms with Gasteiger partial charge in [0.25, 0.3) is 0 Å². The van der Waals surface area contributed by atoms with E-state index in [0.717, 1.165) is 36.2 Å². The number of fused-ring (bicyclic) bond motifs is 2. The first-order chi connectivity index (χ1) is 20.5. The van der Waals surface area contributed by atoms with Crippen molar-refractivity contribution in [2.24, 2.45) is 10.8 Å². The molecule has 9 heteroatoms. The van der Waals surface area contributed by atoms with Crippen molar-refractivity contribution >= 4 is 17.5 Å². The second kappa shape index (κ2) is 13.4. The summed E-state index contributed by atoms with van der Waals surface area (Å²) in [4.78, 5) is 26.4. The Kier molecular flexibility index (Phi) is 9.88. The number of carbonyl (C=O) groups is 2. The molecule has 5 rings (SSSR count). The van der Waals surface area contributed by atoms with Gasteiger partial charge in [0, 0.05) is 49.6 Å². The lowest BCUT2D eigenvalue weighted by Crippen LogP contribution is -2.42. The van der Waals surface area contributed by atoms with Gasteiger partial charge in [0.2, 0.25) is 11.8 Å². The summed E-state index contributed by atoms with van der Waals surface area (Å²) in [5, 5.41) is 21.1. The van der Waals surface area contributed by atoms with Crippen LogP contribution in [0.15, 0.2) is 48.5 Å². The van der Waals surface area contributed by atoms with E-state index >= 15 is 0 Å². The summed E-state index contributed by atoms with van der Waals surface area (Å²) in [5.74, 6) is -0.587. The SMILES string of the molecule is CC1(C)CC2CC(C)(CN2CC2CC(c3ccc(CO)cc3)OC(c3cccc(NC(=O)CCCCC(=O)NO)c3)O2)C1. The molecule has 4 N–H and O–H groups in total. The third kappa shape index (κ3) is 8.22. The Hall–Kier alpha value is -2.82. The number of carbonyl (C=O) groups excluding carboxylic acids is 2. The minimum absolute atomic E-state index is 0.00212. The first-order valence-corrected chi connectivity index (χ1v) is 15.6. The molecular formula is C34H47N3O6. The lowest BCUT2D eigenvalue weighted by molar-refractivity contribution is -0.253. The van der Waals surface area contributed by atoms with Crippen LogP contribution in [0.1, 0.15) is 101 Å². The number of aliphatic hydroxyl groups excluding tert-OH is 1. The number of hydrogen-bond acceptors (Lipinski definition) is 7. The number of hydrogen-bond donors (Lipinski definition) is 4. The van der Waals surface area contributed by atoms with Gasteiger partial charge in [-0.2, -0.15) is 0 Å². The molecule has 2 saturated heterocycles. The number of benzene rings is 2. The van der Waals surface area contributed by atoms with E-state index in [1.165, 1.54) is 19.3 Å². The second-order valence-corrected chi connectivity index (χ2v) is 13.9. The molecule has 2 aromatic rings. The molecule has 234 valence electrons. The predicted molar refractivity (Wildman–Crippen MR) is 163 cm³/mol. The molecule has 2 heterocycles. The Balaban J connectivity index is 1.29. The number of nitrogens with zero attached hydrogens (tertiary/aromatic N) is 1. The van der Waals surface area contributed by atoms with E-state index in [9.17, 15) is 14.7 Å². The summed E-state index contributed by atoms with van der Waals surface area (Å²) in [7, 11) is 0. The molecule has 0 spiro atoms. The number of aliphatic hydroxyl groups is 1. The summed E-state index contributed by atoms with van der Waals surface area (Å²) >= 11 is 0. The molecule has 43 heavy (non-hydrogen) atoms. The van der Waals surface area contributed by atoms with Crippen molar-refractivity contribution in [2.45, 2.75) is 103 Å². The molecule has 1 aliphatic carbocycles. The maximum atomic E-state index is 12.6. The molecular weight excluding hydrogens is 546 g/mol. The molecule has 1 saturated carbocycles. The van der Waals surface area contributed by atoms with E-state index in [2.05, 4.69) is 31.0 Å². The van der Waals surface area contributed by atoms with Gasteiger partial charge in [-0.25, -0.2) is 5.48 Å². The molecule has 2 amide bonds. The van der Waals surface area contributed by atoms with Crippen LogP contribution in [-0.4, -0.2) is 52.3 Å². The van der Waals surface area contributed by atoms with E-state index in [-0.39, 0.29) is 37.6 Å². The van der Waals surface area contributed by atoms with Crippen LogP contribution in [0.25, 0.3) is 0 Å². The third-order valence-electron chi connectivity index (χ3n) is 9.20. The summed E-state index contributed by atoms with van der Waals surface area (Å²) in [6.45, 7) is 9.18. The van der Waals surface area contributed by atoms with Gasteiger partial charge in [0.05, 0.1) is 18.8 Å². The van der Waals surface area contributed by atoms with Gasteiger partial charge < -0.3 is 19.9 Å². The first-order valence-electron chi connectivity index (χ1n) is 15.6. The van der Waals surface area contributed by atoms with Gasteiger partial charge >= 0.3 is 0 Å². The quantitative estimate of drug-likeness (QED) is 0.151. The van der Waals surface area contributed by atoms with Crippen molar-refractivity contribution in [1.29, 1.82) is 0 Å². The van der Waals surface area contributed by atoms with Crippen LogP contribution in [0.4, 0.5) is 5.69 Å². The Morgan fingerprint density at radius 1 is 0.977 bits per heavy atom. The Morgan fingerprint density at radius 3 is 2.44 bits per heavy atom. The van der Waals surface area contributed by atoms with E-state index in [1.807, 2.05) is 48.5 Å². The monoisotopic (exact) mass is 593 g/mol. The molecule has 2 bridgehead atoms. The lowest BCUT2D eigenvalue weighted by Gasteiger charge is -2.41. The maximum Gasteiger partial charge on any atom is 0.243 e. The number of ether oxygens (including phenoxy) is 2. The summed E-state index contributed by atoms with van der Waals surface area (Å²) < 4.78 is 13.2. The highest BCUT2D eigenvalue weighted by atomic mass is 16.7. The molecule has 3 aliphatic rings. The number of likely N-dealkylation sites (tertiary alicyclic amines) is 1. The van der Waals surface area contributed by atoms with Gasteiger partial charge in [0.15, 0.2) is 6.29 Å². The van der Waals surface area contributed by atoms with E-state index in [1.54, 1.807) is 5.48 Å². The predicted octanol–water partition coefficient (Wildman–Crippen LogP) is 5.63. The average molecular weight is 594 g/mol.